The Morgan fingerprint density at radius 3 is 2.24 bits per heavy atom. The standard InChI is InChI=1S/C14H8Cl2F3NO/c15-10-5-9(6-11(16)7-10)8-20-21-13-4-2-1-3-12(13)14(17,18)19/h1-8H/b20-8+. The lowest BCUT2D eigenvalue weighted by Gasteiger charge is -2.09. The summed E-state index contributed by atoms with van der Waals surface area (Å²) in [5.41, 5.74) is -0.386. The summed E-state index contributed by atoms with van der Waals surface area (Å²) in [7, 11) is 0. The predicted octanol–water partition coefficient (Wildman–Crippen LogP) is 5.43. The van der Waals surface area contributed by atoms with Crippen molar-refractivity contribution in [3.8, 4) is 5.75 Å². The van der Waals surface area contributed by atoms with Crippen LogP contribution in [0.25, 0.3) is 0 Å². The van der Waals surface area contributed by atoms with Gasteiger partial charge in [0, 0.05) is 10.0 Å². The van der Waals surface area contributed by atoms with Crippen molar-refractivity contribution >= 4 is 29.4 Å². The Morgan fingerprint density at radius 1 is 1.00 bits per heavy atom. The van der Waals surface area contributed by atoms with E-state index in [1.165, 1.54) is 30.5 Å². The topological polar surface area (TPSA) is 21.6 Å². The summed E-state index contributed by atoms with van der Waals surface area (Å²) >= 11 is 11.6. The second-order valence-electron chi connectivity index (χ2n) is 4.02. The van der Waals surface area contributed by atoms with E-state index in [0.717, 1.165) is 6.07 Å². The molecule has 2 aromatic carbocycles. The summed E-state index contributed by atoms with van der Waals surface area (Å²) in [5.74, 6) is -0.380. The third-order valence-electron chi connectivity index (χ3n) is 2.43. The van der Waals surface area contributed by atoms with Crippen molar-refractivity contribution in [2.24, 2.45) is 5.16 Å². The average Bonchev–Trinajstić information content (AvgIpc) is 2.37. The summed E-state index contributed by atoms with van der Waals surface area (Å²) in [4.78, 5) is 4.81. The van der Waals surface area contributed by atoms with Crippen molar-refractivity contribution in [2.45, 2.75) is 6.18 Å². The molecular formula is C14H8Cl2F3NO. The molecule has 0 aliphatic heterocycles. The first kappa shape index (κ1) is 15.7. The minimum Gasteiger partial charge on any atom is -0.356 e. The van der Waals surface area contributed by atoms with Gasteiger partial charge in [0.05, 0.1) is 6.21 Å². The molecule has 2 nitrogen and oxygen atoms in total. The second kappa shape index (κ2) is 6.37. The fraction of sp³-hybridized carbons (Fsp3) is 0.0714. The van der Waals surface area contributed by atoms with Crippen molar-refractivity contribution in [1.29, 1.82) is 0 Å². The minimum absolute atomic E-state index is 0.380. The normalized spacial score (nSPS) is 11.9. The van der Waals surface area contributed by atoms with Crippen LogP contribution in [0.4, 0.5) is 13.2 Å². The Kier molecular flexibility index (Phi) is 4.75. The molecule has 21 heavy (non-hydrogen) atoms. The van der Waals surface area contributed by atoms with Crippen LogP contribution in [0.1, 0.15) is 11.1 Å². The monoisotopic (exact) mass is 333 g/mol. The largest absolute Gasteiger partial charge is 0.420 e. The first-order valence-corrected chi connectivity index (χ1v) is 6.44. The molecule has 0 heterocycles. The van der Waals surface area contributed by atoms with Gasteiger partial charge in [0.1, 0.15) is 5.56 Å². The number of oxime groups is 1. The lowest BCUT2D eigenvalue weighted by molar-refractivity contribution is -0.138. The van der Waals surface area contributed by atoms with Gasteiger partial charge in [-0.3, -0.25) is 0 Å². The fourth-order valence-corrected chi connectivity index (χ4v) is 2.12. The molecule has 0 N–H and O–H groups in total. The molecular weight excluding hydrogens is 326 g/mol. The molecule has 110 valence electrons. The zero-order valence-electron chi connectivity index (χ0n) is 10.4. The molecule has 0 amide bonds. The van der Waals surface area contributed by atoms with Crippen LogP contribution in [-0.2, 0) is 6.18 Å². The lowest BCUT2D eigenvalue weighted by Crippen LogP contribution is -2.06. The molecule has 0 unspecified atom stereocenters. The number of rotatable bonds is 3. The number of halogens is 5. The maximum absolute atomic E-state index is 12.7. The van der Waals surface area contributed by atoms with Gasteiger partial charge in [-0.15, -0.1) is 0 Å². The third kappa shape index (κ3) is 4.37. The van der Waals surface area contributed by atoms with Crippen molar-refractivity contribution < 1.29 is 18.0 Å². The highest BCUT2D eigenvalue weighted by molar-refractivity contribution is 6.35. The summed E-state index contributed by atoms with van der Waals surface area (Å²) in [6, 6.07) is 9.44. The Morgan fingerprint density at radius 2 is 1.62 bits per heavy atom. The van der Waals surface area contributed by atoms with Gasteiger partial charge >= 0.3 is 6.18 Å². The molecule has 0 bridgehead atoms. The number of para-hydroxylation sites is 1. The summed E-state index contributed by atoms with van der Waals surface area (Å²) < 4.78 is 38.2. The Balaban J connectivity index is 2.18. The predicted molar refractivity (Wildman–Crippen MR) is 76.1 cm³/mol. The van der Waals surface area contributed by atoms with Crippen LogP contribution in [0.15, 0.2) is 47.6 Å². The molecule has 0 saturated carbocycles. The van der Waals surface area contributed by atoms with Crippen LogP contribution >= 0.6 is 23.2 Å². The first-order chi connectivity index (χ1) is 9.86. The molecule has 0 fully saturated rings. The highest BCUT2D eigenvalue weighted by Crippen LogP contribution is 2.35. The zero-order valence-corrected chi connectivity index (χ0v) is 11.9. The van der Waals surface area contributed by atoms with Gasteiger partial charge < -0.3 is 4.84 Å². The first-order valence-electron chi connectivity index (χ1n) is 5.69. The molecule has 0 aliphatic rings. The fourth-order valence-electron chi connectivity index (χ4n) is 1.57. The van der Waals surface area contributed by atoms with E-state index in [1.807, 2.05) is 0 Å². The van der Waals surface area contributed by atoms with Gasteiger partial charge in [0.15, 0.2) is 5.75 Å². The summed E-state index contributed by atoms with van der Waals surface area (Å²) in [6.45, 7) is 0. The van der Waals surface area contributed by atoms with Gasteiger partial charge in [0.25, 0.3) is 0 Å². The van der Waals surface area contributed by atoms with E-state index < -0.39 is 11.7 Å². The lowest BCUT2D eigenvalue weighted by atomic mass is 10.2. The molecule has 0 aliphatic carbocycles. The van der Waals surface area contributed by atoms with Crippen LogP contribution < -0.4 is 4.84 Å². The van der Waals surface area contributed by atoms with Crippen molar-refractivity contribution in [3.63, 3.8) is 0 Å². The molecule has 0 atom stereocenters. The van der Waals surface area contributed by atoms with E-state index in [9.17, 15) is 13.2 Å². The highest BCUT2D eigenvalue weighted by Gasteiger charge is 2.34. The van der Waals surface area contributed by atoms with Crippen LogP contribution in [0.3, 0.4) is 0 Å². The Labute approximate surface area is 128 Å². The van der Waals surface area contributed by atoms with E-state index in [1.54, 1.807) is 12.1 Å². The molecule has 2 aromatic rings. The van der Waals surface area contributed by atoms with Crippen LogP contribution in [0.5, 0.6) is 5.75 Å². The van der Waals surface area contributed by atoms with E-state index in [0.29, 0.717) is 15.6 Å². The van der Waals surface area contributed by atoms with E-state index >= 15 is 0 Å². The Bertz CT molecular complexity index is 651. The maximum atomic E-state index is 12.7. The van der Waals surface area contributed by atoms with Crippen molar-refractivity contribution in [1.82, 2.24) is 0 Å². The quantitative estimate of drug-likeness (QED) is 0.542. The SMILES string of the molecule is FC(F)(F)c1ccccc1O/N=C/c1cc(Cl)cc(Cl)c1. The Hall–Kier alpha value is -1.72. The molecule has 0 spiro atoms. The molecule has 0 saturated heterocycles. The van der Waals surface area contributed by atoms with Crippen LogP contribution in [0.2, 0.25) is 10.0 Å². The van der Waals surface area contributed by atoms with Crippen LogP contribution in [0, 0.1) is 0 Å². The van der Waals surface area contributed by atoms with Gasteiger partial charge in [-0.2, -0.15) is 13.2 Å². The number of nitrogens with zero attached hydrogens (tertiary/aromatic N) is 1. The number of hydrogen-bond donors (Lipinski definition) is 0. The minimum atomic E-state index is -4.51. The van der Waals surface area contributed by atoms with E-state index in [2.05, 4.69) is 5.16 Å². The maximum Gasteiger partial charge on any atom is 0.420 e. The number of benzene rings is 2. The second-order valence-corrected chi connectivity index (χ2v) is 4.90. The van der Waals surface area contributed by atoms with Gasteiger partial charge in [0.2, 0.25) is 0 Å². The van der Waals surface area contributed by atoms with E-state index in [4.69, 9.17) is 28.0 Å². The molecule has 7 heteroatoms. The third-order valence-corrected chi connectivity index (χ3v) is 2.87. The highest BCUT2D eigenvalue weighted by atomic mass is 35.5. The zero-order chi connectivity index (χ0) is 15.5. The molecule has 0 radical (unpaired) electrons. The van der Waals surface area contributed by atoms with Gasteiger partial charge in [-0.25, -0.2) is 0 Å². The molecule has 0 aromatic heterocycles. The number of hydrogen-bond acceptors (Lipinski definition) is 2. The smallest absolute Gasteiger partial charge is 0.356 e. The summed E-state index contributed by atoms with van der Waals surface area (Å²) in [5, 5.41) is 4.30. The number of alkyl halides is 3. The van der Waals surface area contributed by atoms with Gasteiger partial charge in [-0.05, 0) is 35.9 Å². The summed E-state index contributed by atoms with van der Waals surface area (Å²) in [6.07, 6.45) is -3.28. The average molecular weight is 334 g/mol. The van der Waals surface area contributed by atoms with Crippen LogP contribution in [-0.4, -0.2) is 6.21 Å². The molecule has 2 rings (SSSR count). The van der Waals surface area contributed by atoms with Crippen molar-refractivity contribution in [2.75, 3.05) is 0 Å². The van der Waals surface area contributed by atoms with Gasteiger partial charge in [-0.1, -0.05) is 40.5 Å². The van der Waals surface area contributed by atoms with Crippen molar-refractivity contribution in [3.05, 3.63) is 63.6 Å². The van der Waals surface area contributed by atoms with E-state index in [-0.39, 0.29) is 5.75 Å².